The highest BCUT2D eigenvalue weighted by molar-refractivity contribution is 7.89. The fourth-order valence-electron chi connectivity index (χ4n) is 1.45. The lowest BCUT2D eigenvalue weighted by Gasteiger charge is -2.09. The van der Waals surface area contributed by atoms with Gasteiger partial charge in [0.1, 0.15) is 4.99 Å². The molecule has 0 bridgehead atoms. The molecule has 0 heterocycles. The normalized spacial score (nSPS) is 11.8. The van der Waals surface area contributed by atoms with Crippen molar-refractivity contribution in [3.8, 4) is 0 Å². The smallest absolute Gasteiger partial charge is 0.240 e. The number of ether oxygens (including phenoxy) is 1. The van der Waals surface area contributed by atoms with Gasteiger partial charge in [0, 0.05) is 18.7 Å². The topological polar surface area (TPSA) is 81.4 Å². The maximum absolute atomic E-state index is 12.0. The summed E-state index contributed by atoms with van der Waals surface area (Å²) < 4.78 is 31.8. The summed E-state index contributed by atoms with van der Waals surface area (Å²) in [5.74, 6) is 0.430. The van der Waals surface area contributed by atoms with Crippen molar-refractivity contribution in [2.24, 2.45) is 11.7 Å². The molecule has 0 atom stereocenters. The molecular weight excluding hydrogens is 296 g/mol. The second-order valence-electron chi connectivity index (χ2n) is 4.76. The molecule has 0 amide bonds. The van der Waals surface area contributed by atoms with Gasteiger partial charge in [-0.1, -0.05) is 38.2 Å². The lowest BCUT2D eigenvalue weighted by Crippen LogP contribution is -2.28. The van der Waals surface area contributed by atoms with Crippen molar-refractivity contribution in [1.29, 1.82) is 0 Å². The van der Waals surface area contributed by atoms with Crippen molar-refractivity contribution < 1.29 is 13.2 Å². The van der Waals surface area contributed by atoms with E-state index in [4.69, 9.17) is 22.7 Å². The molecule has 0 unspecified atom stereocenters. The first-order chi connectivity index (χ1) is 9.33. The molecule has 1 aromatic rings. The third-order valence-electron chi connectivity index (χ3n) is 2.44. The summed E-state index contributed by atoms with van der Waals surface area (Å²) in [5.41, 5.74) is 6.10. The highest BCUT2D eigenvalue weighted by Crippen LogP contribution is 2.10. The summed E-state index contributed by atoms with van der Waals surface area (Å²) in [4.78, 5) is 0.422. The molecule has 112 valence electrons. The number of thiocarbonyl (C=S) groups is 1. The van der Waals surface area contributed by atoms with Gasteiger partial charge in [0.2, 0.25) is 10.0 Å². The van der Waals surface area contributed by atoms with Crippen LogP contribution in [0.15, 0.2) is 29.2 Å². The number of hydrogen-bond acceptors (Lipinski definition) is 4. The number of benzene rings is 1. The van der Waals surface area contributed by atoms with Crippen LogP contribution in [0.3, 0.4) is 0 Å². The Kier molecular flexibility index (Phi) is 6.54. The first-order valence-electron chi connectivity index (χ1n) is 6.30. The molecular formula is C13H20N2O3S2. The van der Waals surface area contributed by atoms with Crippen LogP contribution in [0, 0.1) is 5.92 Å². The van der Waals surface area contributed by atoms with Crippen molar-refractivity contribution in [3.05, 3.63) is 29.8 Å². The zero-order valence-corrected chi connectivity index (χ0v) is 13.3. The molecule has 0 aliphatic rings. The number of rotatable bonds is 8. The van der Waals surface area contributed by atoms with Gasteiger partial charge in [0.15, 0.2) is 0 Å². The number of nitrogens with two attached hydrogens (primary N) is 1. The third-order valence-corrected chi connectivity index (χ3v) is 4.15. The molecule has 0 aromatic heterocycles. The van der Waals surface area contributed by atoms with Crippen LogP contribution in [0.5, 0.6) is 0 Å². The third kappa shape index (κ3) is 5.54. The monoisotopic (exact) mass is 316 g/mol. The van der Waals surface area contributed by atoms with Crippen LogP contribution >= 0.6 is 12.2 Å². The van der Waals surface area contributed by atoms with Gasteiger partial charge in [-0.25, -0.2) is 13.1 Å². The molecule has 0 saturated carbocycles. The minimum Gasteiger partial charge on any atom is -0.389 e. The Hall–Kier alpha value is -1.02. The van der Waals surface area contributed by atoms with Crippen molar-refractivity contribution in [2.75, 3.05) is 19.8 Å². The summed E-state index contributed by atoms with van der Waals surface area (Å²) in [6.45, 7) is 5.28. The van der Waals surface area contributed by atoms with Crippen molar-refractivity contribution >= 4 is 27.2 Å². The molecule has 20 heavy (non-hydrogen) atoms. The van der Waals surface area contributed by atoms with Gasteiger partial charge in [-0.05, 0) is 18.1 Å². The lowest BCUT2D eigenvalue weighted by atomic mass is 10.2. The molecule has 0 spiro atoms. The Bertz CT molecular complexity index is 539. The van der Waals surface area contributed by atoms with E-state index in [2.05, 4.69) is 4.72 Å². The fraction of sp³-hybridized carbons (Fsp3) is 0.462. The summed E-state index contributed by atoms with van der Waals surface area (Å²) in [5, 5.41) is 0. The average molecular weight is 316 g/mol. The Morgan fingerprint density at radius 2 is 1.95 bits per heavy atom. The minimum absolute atomic E-state index is 0.182. The van der Waals surface area contributed by atoms with Crippen LogP contribution in [-0.4, -0.2) is 33.2 Å². The Morgan fingerprint density at radius 3 is 2.45 bits per heavy atom. The van der Waals surface area contributed by atoms with Crippen LogP contribution in [0.2, 0.25) is 0 Å². The van der Waals surface area contributed by atoms with Crippen molar-refractivity contribution in [1.82, 2.24) is 4.72 Å². The molecule has 0 radical (unpaired) electrons. The van der Waals surface area contributed by atoms with E-state index in [1.54, 1.807) is 12.1 Å². The Labute approximate surface area is 125 Å². The van der Waals surface area contributed by atoms with E-state index in [9.17, 15) is 8.42 Å². The van der Waals surface area contributed by atoms with E-state index in [1.807, 2.05) is 13.8 Å². The number of sulfonamides is 1. The molecule has 3 N–H and O–H groups in total. The van der Waals surface area contributed by atoms with Gasteiger partial charge >= 0.3 is 0 Å². The van der Waals surface area contributed by atoms with E-state index in [0.717, 1.165) is 0 Å². The Morgan fingerprint density at radius 1 is 1.35 bits per heavy atom. The summed E-state index contributed by atoms with van der Waals surface area (Å²) >= 11 is 4.81. The van der Waals surface area contributed by atoms with E-state index in [0.29, 0.717) is 24.7 Å². The van der Waals surface area contributed by atoms with Gasteiger partial charge in [-0.2, -0.15) is 0 Å². The van der Waals surface area contributed by atoms with Crippen molar-refractivity contribution in [2.45, 2.75) is 18.7 Å². The Balaban J connectivity index is 2.54. The average Bonchev–Trinajstić information content (AvgIpc) is 2.38. The first kappa shape index (κ1) is 17.0. The van der Waals surface area contributed by atoms with E-state index in [1.165, 1.54) is 12.1 Å². The maximum atomic E-state index is 12.0. The van der Waals surface area contributed by atoms with Crippen LogP contribution in [0.4, 0.5) is 0 Å². The number of hydrogen-bond donors (Lipinski definition) is 2. The largest absolute Gasteiger partial charge is 0.389 e. The molecule has 7 heteroatoms. The minimum atomic E-state index is -3.52. The molecule has 0 aliphatic carbocycles. The van der Waals surface area contributed by atoms with Crippen LogP contribution in [0.25, 0.3) is 0 Å². The van der Waals surface area contributed by atoms with Crippen LogP contribution in [-0.2, 0) is 14.8 Å². The van der Waals surface area contributed by atoms with Gasteiger partial charge in [-0.3, -0.25) is 0 Å². The molecule has 5 nitrogen and oxygen atoms in total. The summed E-state index contributed by atoms with van der Waals surface area (Å²) in [6, 6.07) is 6.13. The first-order valence-corrected chi connectivity index (χ1v) is 8.19. The lowest BCUT2D eigenvalue weighted by molar-refractivity contribution is 0.114. The predicted octanol–water partition coefficient (Wildman–Crippen LogP) is 1.27. The molecule has 0 fully saturated rings. The predicted molar refractivity (Wildman–Crippen MR) is 83.2 cm³/mol. The highest BCUT2D eigenvalue weighted by atomic mass is 32.2. The van der Waals surface area contributed by atoms with Gasteiger partial charge in [0.05, 0.1) is 11.5 Å². The van der Waals surface area contributed by atoms with Crippen LogP contribution < -0.4 is 10.5 Å². The van der Waals surface area contributed by atoms with E-state index >= 15 is 0 Å². The quantitative estimate of drug-likeness (QED) is 0.557. The maximum Gasteiger partial charge on any atom is 0.240 e. The second-order valence-corrected chi connectivity index (χ2v) is 6.96. The zero-order valence-electron chi connectivity index (χ0n) is 11.6. The van der Waals surface area contributed by atoms with E-state index < -0.39 is 10.0 Å². The number of nitrogens with one attached hydrogen (secondary N) is 1. The van der Waals surface area contributed by atoms with Gasteiger partial charge < -0.3 is 10.5 Å². The highest BCUT2D eigenvalue weighted by Gasteiger charge is 2.13. The SMILES string of the molecule is CC(C)COCCNS(=O)(=O)c1ccc(C(N)=S)cc1. The standard InChI is InChI=1S/C13H20N2O3S2/c1-10(2)9-18-8-7-15-20(16,17)12-5-3-11(4-6-12)13(14)19/h3-6,10,15H,7-9H2,1-2H3,(H2,14,19). The summed E-state index contributed by atoms with van der Waals surface area (Å²) in [6.07, 6.45) is 0. The fourth-order valence-corrected chi connectivity index (χ4v) is 2.60. The van der Waals surface area contributed by atoms with Gasteiger partial charge in [0.25, 0.3) is 0 Å². The molecule has 0 aliphatic heterocycles. The molecule has 1 rings (SSSR count). The molecule has 0 saturated heterocycles. The van der Waals surface area contributed by atoms with Crippen LogP contribution in [0.1, 0.15) is 19.4 Å². The zero-order chi connectivity index (χ0) is 15.2. The van der Waals surface area contributed by atoms with E-state index in [-0.39, 0.29) is 16.4 Å². The van der Waals surface area contributed by atoms with Gasteiger partial charge in [-0.15, -0.1) is 0 Å². The summed E-state index contributed by atoms with van der Waals surface area (Å²) in [7, 11) is -3.52. The van der Waals surface area contributed by atoms with Crippen molar-refractivity contribution in [3.63, 3.8) is 0 Å². The molecule has 1 aromatic carbocycles. The second kappa shape index (κ2) is 7.68.